The van der Waals surface area contributed by atoms with Gasteiger partial charge in [0.05, 0.1) is 7.11 Å². The van der Waals surface area contributed by atoms with E-state index in [0.717, 1.165) is 36.1 Å². The second kappa shape index (κ2) is 9.15. The summed E-state index contributed by atoms with van der Waals surface area (Å²) in [7, 11) is 1.61. The van der Waals surface area contributed by atoms with Crippen molar-refractivity contribution in [2.24, 2.45) is 0 Å². The third-order valence-electron chi connectivity index (χ3n) is 2.93. The van der Waals surface area contributed by atoms with Gasteiger partial charge in [0.25, 0.3) is 0 Å². The minimum absolute atomic E-state index is 0.113. The molecule has 110 valence electrons. The van der Waals surface area contributed by atoms with Crippen LogP contribution >= 0.6 is 0 Å². The first kappa shape index (κ1) is 16.2. The van der Waals surface area contributed by atoms with Gasteiger partial charge in [-0.2, -0.15) is 0 Å². The molecule has 2 N–H and O–H groups in total. The van der Waals surface area contributed by atoms with Gasteiger partial charge in [0, 0.05) is 24.8 Å². The van der Waals surface area contributed by atoms with Crippen LogP contribution in [0.4, 0.5) is 0 Å². The molecule has 0 atom stereocenters. The van der Waals surface area contributed by atoms with Crippen molar-refractivity contribution in [1.82, 2.24) is 5.32 Å². The molecule has 0 aliphatic heterocycles. The highest BCUT2D eigenvalue weighted by molar-refractivity contribution is 5.92. The fourth-order valence-electron chi connectivity index (χ4n) is 1.83. The summed E-state index contributed by atoms with van der Waals surface area (Å²) in [4.78, 5) is 11.6. The van der Waals surface area contributed by atoms with Gasteiger partial charge in [-0.1, -0.05) is 11.6 Å². The van der Waals surface area contributed by atoms with E-state index in [4.69, 9.17) is 9.84 Å². The van der Waals surface area contributed by atoms with Gasteiger partial charge in [-0.3, -0.25) is 4.79 Å². The molecule has 1 amide bonds. The smallest absolute Gasteiger partial charge is 0.244 e. The zero-order valence-corrected chi connectivity index (χ0v) is 12.2. The lowest BCUT2D eigenvalue weighted by Crippen LogP contribution is -2.22. The van der Waals surface area contributed by atoms with Gasteiger partial charge in [0.15, 0.2) is 0 Å². The average Bonchev–Trinajstić information content (AvgIpc) is 2.45. The molecule has 1 aromatic rings. The highest BCUT2D eigenvalue weighted by Crippen LogP contribution is 2.20. The maximum absolute atomic E-state index is 11.6. The molecule has 0 radical (unpaired) electrons. The van der Waals surface area contributed by atoms with Gasteiger partial charge in [-0.25, -0.2) is 0 Å². The molecule has 0 spiro atoms. The quantitative estimate of drug-likeness (QED) is 0.566. The van der Waals surface area contributed by atoms with Crippen LogP contribution in [-0.2, 0) is 4.79 Å². The molecule has 0 saturated heterocycles. The normalized spacial score (nSPS) is 10.8. The highest BCUT2D eigenvalue weighted by atomic mass is 16.5. The standard InChI is InChI=1S/C16H23NO3/c1-13-6-8-15(20-2)14(12-13)7-9-16(19)17-10-4-3-5-11-18/h6-9,12,18H,3-5,10-11H2,1-2H3,(H,17,19)/b9-7+. The van der Waals surface area contributed by atoms with Gasteiger partial charge in [-0.15, -0.1) is 0 Å². The number of ether oxygens (including phenoxy) is 1. The SMILES string of the molecule is COc1ccc(C)cc1/C=C/C(=O)NCCCCCO. The summed E-state index contributed by atoms with van der Waals surface area (Å²) < 4.78 is 5.25. The monoisotopic (exact) mass is 277 g/mol. The van der Waals surface area contributed by atoms with E-state index < -0.39 is 0 Å². The van der Waals surface area contributed by atoms with E-state index in [9.17, 15) is 4.79 Å². The highest BCUT2D eigenvalue weighted by Gasteiger charge is 2.01. The minimum atomic E-state index is -0.113. The van der Waals surface area contributed by atoms with Crippen LogP contribution in [0.3, 0.4) is 0 Å². The van der Waals surface area contributed by atoms with Crippen LogP contribution < -0.4 is 10.1 Å². The lowest BCUT2D eigenvalue weighted by atomic mass is 10.1. The minimum Gasteiger partial charge on any atom is -0.496 e. The van der Waals surface area contributed by atoms with Crippen LogP contribution in [-0.4, -0.2) is 31.3 Å². The van der Waals surface area contributed by atoms with E-state index in [-0.39, 0.29) is 12.5 Å². The number of aryl methyl sites for hydroxylation is 1. The lowest BCUT2D eigenvalue weighted by molar-refractivity contribution is -0.116. The van der Waals surface area contributed by atoms with Crippen LogP contribution in [0.25, 0.3) is 6.08 Å². The summed E-state index contributed by atoms with van der Waals surface area (Å²) in [6.45, 7) is 2.84. The molecular formula is C16H23NO3. The molecule has 4 heteroatoms. The van der Waals surface area contributed by atoms with Crippen LogP contribution in [0.5, 0.6) is 5.75 Å². The molecule has 20 heavy (non-hydrogen) atoms. The van der Waals surface area contributed by atoms with E-state index in [1.165, 1.54) is 6.08 Å². The Morgan fingerprint density at radius 3 is 2.85 bits per heavy atom. The van der Waals surface area contributed by atoms with Gasteiger partial charge >= 0.3 is 0 Å². The van der Waals surface area contributed by atoms with Crippen LogP contribution in [0, 0.1) is 6.92 Å². The van der Waals surface area contributed by atoms with E-state index >= 15 is 0 Å². The number of methoxy groups -OCH3 is 1. The Morgan fingerprint density at radius 2 is 2.15 bits per heavy atom. The largest absolute Gasteiger partial charge is 0.496 e. The lowest BCUT2D eigenvalue weighted by Gasteiger charge is -2.05. The molecule has 4 nitrogen and oxygen atoms in total. The second-order valence-electron chi connectivity index (χ2n) is 4.65. The van der Waals surface area contributed by atoms with Crippen molar-refractivity contribution in [2.45, 2.75) is 26.2 Å². The summed E-state index contributed by atoms with van der Waals surface area (Å²) in [6, 6.07) is 5.84. The summed E-state index contributed by atoms with van der Waals surface area (Å²) in [5, 5.41) is 11.5. The number of unbranched alkanes of at least 4 members (excludes halogenated alkanes) is 2. The number of amides is 1. The Balaban J connectivity index is 2.46. The van der Waals surface area contributed by atoms with Crippen molar-refractivity contribution < 1.29 is 14.6 Å². The molecule has 1 aromatic carbocycles. The first-order valence-electron chi connectivity index (χ1n) is 6.88. The Kier molecular flexibility index (Phi) is 7.43. The maximum Gasteiger partial charge on any atom is 0.244 e. The number of hydrogen-bond acceptors (Lipinski definition) is 3. The number of aliphatic hydroxyl groups is 1. The number of rotatable bonds is 8. The van der Waals surface area contributed by atoms with E-state index in [2.05, 4.69) is 5.32 Å². The molecule has 0 aliphatic rings. The van der Waals surface area contributed by atoms with Crippen molar-refractivity contribution >= 4 is 12.0 Å². The van der Waals surface area contributed by atoms with E-state index in [0.29, 0.717) is 6.54 Å². The fraction of sp³-hybridized carbons (Fsp3) is 0.438. The predicted octanol–water partition coefficient (Wildman–Crippen LogP) is 2.30. The topological polar surface area (TPSA) is 58.6 Å². The van der Waals surface area contributed by atoms with Gasteiger partial charge in [-0.05, 0) is 44.4 Å². The molecule has 1 rings (SSSR count). The summed E-state index contributed by atoms with van der Waals surface area (Å²) >= 11 is 0. The molecule has 0 saturated carbocycles. The van der Waals surface area contributed by atoms with Crippen molar-refractivity contribution in [3.8, 4) is 5.75 Å². The number of benzene rings is 1. The van der Waals surface area contributed by atoms with Gasteiger partial charge in [0.1, 0.15) is 5.75 Å². The first-order chi connectivity index (χ1) is 9.67. The van der Waals surface area contributed by atoms with Crippen LogP contribution in [0.15, 0.2) is 24.3 Å². The van der Waals surface area contributed by atoms with E-state index in [1.54, 1.807) is 13.2 Å². The van der Waals surface area contributed by atoms with Crippen molar-refractivity contribution in [3.63, 3.8) is 0 Å². The Bertz CT molecular complexity index is 455. The zero-order valence-electron chi connectivity index (χ0n) is 12.2. The van der Waals surface area contributed by atoms with Crippen LogP contribution in [0.1, 0.15) is 30.4 Å². The second-order valence-corrected chi connectivity index (χ2v) is 4.65. The van der Waals surface area contributed by atoms with Gasteiger partial charge < -0.3 is 15.2 Å². The average molecular weight is 277 g/mol. The van der Waals surface area contributed by atoms with Crippen molar-refractivity contribution in [3.05, 3.63) is 35.4 Å². The van der Waals surface area contributed by atoms with Crippen molar-refractivity contribution in [2.75, 3.05) is 20.3 Å². The summed E-state index contributed by atoms with van der Waals surface area (Å²) in [5.41, 5.74) is 2.01. The molecule has 0 heterocycles. The summed E-state index contributed by atoms with van der Waals surface area (Å²) in [5.74, 6) is 0.639. The molecular weight excluding hydrogens is 254 g/mol. The molecule has 0 unspecified atom stereocenters. The van der Waals surface area contributed by atoms with Crippen LogP contribution in [0.2, 0.25) is 0 Å². The third-order valence-corrected chi connectivity index (χ3v) is 2.93. The third kappa shape index (κ3) is 5.89. The molecule has 0 aromatic heterocycles. The number of carbonyl (C=O) groups is 1. The number of carbonyl (C=O) groups excluding carboxylic acids is 1. The fourth-order valence-corrected chi connectivity index (χ4v) is 1.83. The van der Waals surface area contributed by atoms with Gasteiger partial charge in [0.2, 0.25) is 5.91 Å². The van der Waals surface area contributed by atoms with E-state index in [1.807, 2.05) is 25.1 Å². The molecule has 0 aliphatic carbocycles. The summed E-state index contributed by atoms with van der Waals surface area (Å²) in [6.07, 6.45) is 5.87. The van der Waals surface area contributed by atoms with Crippen molar-refractivity contribution in [1.29, 1.82) is 0 Å². The zero-order chi connectivity index (χ0) is 14.8. The Morgan fingerprint density at radius 1 is 1.35 bits per heavy atom. The Hall–Kier alpha value is -1.81. The predicted molar refractivity (Wildman–Crippen MR) is 80.7 cm³/mol. The Labute approximate surface area is 120 Å². The maximum atomic E-state index is 11.6. The first-order valence-corrected chi connectivity index (χ1v) is 6.88. The number of aliphatic hydroxyl groups excluding tert-OH is 1. The molecule has 0 fully saturated rings. The number of hydrogen-bond donors (Lipinski definition) is 2. The number of nitrogens with one attached hydrogen (secondary N) is 1. The molecule has 0 bridgehead atoms.